The SMILES string of the molecule is Cc1ccc(O)c(C(=O)NC(C)(CBr)c2ccccc2)c1. The van der Waals surface area contributed by atoms with Gasteiger partial charge in [0.2, 0.25) is 0 Å². The Hall–Kier alpha value is -1.81. The summed E-state index contributed by atoms with van der Waals surface area (Å²) >= 11 is 3.47. The molecule has 0 aliphatic carbocycles. The third kappa shape index (κ3) is 3.45. The zero-order chi connectivity index (χ0) is 15.5. The second-order valence-electron chi connectivity index (χ2n) is 5.31. The van der Waals surface area contributed by atoms with Crippen molar-refractivity contribution in [3.8, 4) is 5.75 Å². The van der Waals surface area contributed by atoms with Gasteiger partial charge in [-0.2, -0.15) is 0 Å². The Morgan fingerprint density at radius 2 is 1.90 bits per heavy atom. The Balaban J connectivity index is 2.30. The van der Waals surface area contributed by atoms with Crippen LogP contribution in [0.5, 0.6) is 5.75 Å². The molecule has 2 rings (SSSR count). The molecule has 0 saturated heterocycles. The number of carbonyl (C=O) groups excluding carboxylic acids is 1. The molecule has 21 heavy (non-hydrogen) atoms. The lowest BCUT2D eigenvalue weighted by Gasteiger charge is -2.29. The van der Waals surface area contributed by atoms with Crippen LogP contribution in [0.3, 0.4) is 0 Å². The van der Waals surface area contributed by atoms with Crippen molar-refractivity contribution in [1.82, 2.24) is 5.32 Å². The topological polar surface area (TPSA) is 49.3 Å². The number of amides is 1. The average Bonchev–Trinajstić information content (AvgIpc) is 2.50. The van der Waals surface area contributed by atoms with Crippen molar-refractivity contribution < 1.29 is 9.90 Å². The van der Waals surface area contributed by atoms with Crippen molar-refractivity contribution >= 4 is 21.8 Å². The van der Waals surface area contributed by atoms with Crippen LogP contribution in [0.15, 0.2) is 48.5 Å². The molecule has 1 amide bonds. The molecule has 2 aromatic rings. The van der Waals surface area contributed by atoms with Gasteiger partial charge in [0.15, 0.2) is 0 Å². The second kappa shape index (κ2) is 6.31. The van der Waals surface area contributed by atoms with Gasteiger partial charge in [-0.05, 0) is 31.5 Å². The highest BCUT2D eigenvalue weighted by atomic mass is 79.9. The number of hydrogen-bond acceptors (Lipinski definition) is 2. The maximum absolute atomic E-state index is 12.5. The van der Waals surface area contributed by atoms with Crippen LogP contribution >= 0.6 is 15.9 Å². The fourth-order valence-electron chi connectivity index (χ4n) is 2.14. The quantitative estimate of drug-likeness (QED) is 0.827. The Bertz CT molecular complexity index is 642. The summed E-state index contributed by atoms with van der Waals surface area (Å²) in [6.07, 6.45) is 0. The Morgan fingerprint density at radius 1 is 1.24 bits per heavy atom. The van der Waals surface area contributed by atoms with Crippen LogP contribution < -0.4 is 5.32 Å². The van der Waals surface area contributed by atoms with Crippen LogP contribution in [0.2, 0.25) is 0 Å². The van der Waals surface area contributed by atoms with Gasteiger partial charge in [-0.25, -0.2) is 0 Å². The number of alkyl halides is 1. The molecule has 0 radical (unpaired) electrons. The van der Waals surface area contributed by atoms with Crippen molar-refractivity contribution in [3.63, 3.8) is 0 Å². The van der Waals surface area contributed by atoms with Crippen LogP contribution in [-0.2, 0) is 5.54 Å². The smallest absolute Gasteiger partial charge is 0.255 e. The van der Waals surface area contributed by atoms with E-state index in [0.717, 1.165) is 11.1 Å². The van der Waals surface area contributed by atoms with Gasteiger partial charge in [-0.1, -0.05) is 57.9 Å². The van der Waals surface area contributed by atoms with Gasteiger partial charge >= 0.3 is 0 Å². The average molecular weight is 348 g/mol. The summed E-state index contributed by atoms with van der Waals surface area (Å²) in [6.45, 7) is 3.83. The molecule has 0 heterocycles. The highest BCUT2D eigenvalue weighted by molar-refractivity contribution is 9.09. The van der Waals surface area contributed by atoms with E-state index in [2.05, 4.69) is 21.2 Å². The molecule has 0 fully saturated rings. The molecule has 1 atom stereocenters. The van der Waals surface area contributed by atoms with E-state index < -0.39 is 5.54 Å². The van der Waals surface area contributed by atoms with Gasteiger partial charge in [-0.15, -0.1) is 0 Å². The van der Waals surface area contributed by atoms with E-state index >= 15 is 0 Å². The Morgan fingerprint density at radius 3 is 2.52 bits per heavy atom. The lowest BCUT2D eigenvalue weighted by Crippen LogP contribution is -2.44. The largest absolute Gasteiger partial charge is 0.507 e. The lowest BCUT2D eigenvalue weighted by molar-refractivity contribution is 0.0911. The Kier molecular flexibility index (Phi) is 4.68. The van der Waals surface area contributed by atoms with Gasteiger partial charge in [0, 0.05) is 5.33 Å². The predicted molar refractivity (Wildman–Crippen MR) is 87.9 cm³/mol. The fraction of sp³-hybridized carbons (Fsp3) is 0.235. The number of phenolic OH excluding ortho intramolecular Hbond substituents is 1. The summed E-state index contributed by atoms with van der Waals surface area (Å²) in [7, 11) is 0. The summed E-state index contributed by atoms with van der Waals surface area (Å²) in [5.41, 5.74) is 1.67. The minimum Gasteiger partial charge on any atom is -0.507 e. The number of hydrogen-bond donors (Lipinski definition) is 2. The third-order valence-corrected chi connectivity index (χ3v) is 4.59. The molecule has 110 valence electrons. The molecule has 0 aromatic heterocycles. The van der Waals surface area contributed by atoms with Crippen molar-refractivity contribution in [2.45, 2.75) is 19.4 Å². The summed E-state index contributed by atoms with van der Waals surface area (Å²) in [6, 6.07) is 14.7. The maximum Gasteiger partial charge on any atom is 0.255 e. The van der Waals surface area contributed by atoms with Gasteiger partial charge in [0.05, 0.1) is 11.1 Å². The van der Waals surface area contributed by atoms with E-state index in [9.17, 15) is 9.90 Å². The van der Waals surface area contributed by atoms with Crippen LogP contribution in [0.25, 0.3) is 0 Å². The monoisotopic (exact) mass is 347 g/mol. The molecule has 0 aliphatic heterocycles. The van der Waals surface area contributed by atoms with E-state index in [1.54, 1.807) is 12.1 Å². The number of phenols is 1. The Labute approximate surface area is 133 Å². The molecular weight excluding hydrogens is 330 g/mol. The first kappa shape index (κ1) is 15.6. The normalized spacial score (nSPS) is 13.5. The number of aromatic hydroxyl groups is 1. The van der Waals surface area contributed by atoms with Crippen molar-refractivity contribution in [3.05, 3.63) is 65.2 Å². The summed E-state index contributed by atoms with van der Waals surface area (Å²) in [5, 5.41) is 13.4. The van der Waals surface area contributed by atoms with Gasteiger partial charge in [0.1, 0.15) is 5.75 Å². The highest BCUT2D eigenvalue weighted by Crippen LogP contribution is 2.25. The third-order valence-electron chi connectivity index (χ3n) is 3.46. The second-order valence-corrected chi connectivity index (χ2v) is 5.87. The number of halogens is 1. The number of carbonyl (C=O) groups is 1. The van der Waals surface area contributed by atoms with Crippen molar-refractivity contribution in [2.24, 2.45) is 0 Å². The molecule has 0 spiro atoms. The standard InChI is InChI=1S/C17H18BrNO2/c1-12-8-9-15(20)14(10-12)16(21)19-17(2,11-18)13-6-4-3-5-7-13/h3-10,20H,11H2,1-2H3,(H,19,21). The summed E-state index contributed by atoms with van der Waals surface area (Å²) in [4.78, 5) is 12.5. The van der Waals surface area contributed by atoms with Crippen LogP contribution in [0, 0.1) is 6.92 Å². The molecule has 2 N–H and O–H groups in total. The molecular formula is C17H18BrNO2. The number of benzene rings is 2. The van der Waals surface area contributed by atoms with Crippen LogP contribution in [-0.4, -0.2) is 16.3 Å². The van der Waals surface area contributed by atoms with Gasteiger partial charge in [-0.3, -0.25) is 4.79 Å². The van der Waals surface area contributed by atoms with Gasteiger partial charge in [0.25, 0.3) is 5.91 Å². The molecule has 1 unspecified atom stereocenters. The number of aryl methyl sites for hydroxylation is 1. The van der Waals surface area contributed by atoms with Crippen molar-refractivity contribution in [2.75, 3.05) is 5.33 Å². The van der Waals surface area contributed by atoms with E-state index in [4.69, 9.17) is 0 Å². The number of rotatable bonds is 4. The van der Waals surface area contributed by atoms with E-state index in [1.165, 1.54) is 6.07 Å². The fourth-order valence-corrected chi connectivity index (χ4v) is 2.60. The zero-order valence-corrected chi connectivity index (χ0v) is 13.6. The summed E-state index contributed by atoms with van der Waals surface area (Å²) in [5.74, 6) is -0.301. The van der Waals surface area contributed by atoms with Crippen LogP contribution in [0.1, 0.15) is 28.4 Å². The molecule has 3 nitrogen and oxygen atoms in total. The van der Waals surface area contributed by atoms with E-state index in [0.29, 0.717) is 5.33 Å². The number of nitrogens with one attached hydrogen (secondary N) is 1. The molecule has 2 aromatic carbocycles. The molecule has 0 bridgehead atoms. The van der Waals surface area contributed by atoms with Crippen LogP contribution in [0.4, 0.5) is 0 Å². The van der Waals surface area contributed by atoms with E-state index in [1.807, 2.05) is 44.2 Å². The minimum atomic E-state index is -0.547. The minimum absolute atomic E-state index is 0.0110. The molecule has 4 heteroatoms. The highest BCUT2D eigenvalue weighted by Gasteiger charge is 2.28. The zero-order valence-electron chi connectivity index (χ0n) is 12.1. The first-order valence-corrected chi connectivity index (χ1v) is 7.82. The summed E-state index contributed by atoms with van der Waals surface area (Å²) < 4.78 is 0. The first-order valence-electron chi connectivity index (χ1n) is 6.70. The lowest BCUT2D eigenvalue weighted by atomic mass is 9.93. The van der Waals surface area contributed by atoms with Gasteiger partial charge < -0.3 is 10.4 Å². The molecule has 0 aliphatic rings. The van der Waals surface area contributed by atoms with E-state index in [-0.39, 0.29) is 17.2 Å². The molecule has 0 saturated carbocycles. The first-order chi connectivity index (χ1) is 9.96. The maximum atomic E-state index is 12.5. The van der Waals surface area contributed by atoms with Crippen molar-refractivity contribution in [1.29, 1.82) is 0 Å². The predicted octanol–water partition coefficient (Wildman–Crippen LogP) is 3.74.